The number of primary amides is 1. The number of amides is 4. The van der Waals surface area contributed by atoms with Crippen LogP contribution in [0.1, 0.15) is 15.9 Å². The number of nitrogens with one attached hydrogen (secondary N) is 3. The Hall–Kier alpha value is -3.06. The summed E-state index contributed by atoms with van der Waals surface area (Å²) in [7, 11) is 0. The lowest BCUT2D eigenvalue weighted by molar-refractivity contribution is -0.122. The Bertz CT molecular complexity index is 781. The Morgan fingerprint density at radius 1 is 0.926 bits per heavy atom. The second-order valence-corrected chi connectivity index (χ2v) is 6.24. The summed E-state index contributed by atoms with van der Waals surface area (Å²) in [5.41, 5.74) is 6.52. The summed E-state index contributed by atoms with van der Waals surface area (Å²) in [6.07, 6.45) is 0.312. The minimum absolute atomic E-state index is 0.212. The van der Waals surface area contributed by atoms with Crippen molar-refractivity contribution in [1.82, 2.24) is 16.0 Å². The molecule has 8 heteroatoms. The van der Waals surface area contributed by atoms with Gasteiger partial charge in [-0.05, 0) is 29.8 Å². The number of benzene rings is 2. The highest BCUT2D eigenvalue weighted by atomic mass is 35.5. The highest BCUT2D eigenvalue weighted by molar-refractivity contribution is 6.30. The van der Waals surface area contributed by atoms with Gasteiger partial charge in [0, 0.05) is 30.1 Å². The first-order valence-corrected chi connectivity index (χ1v) is 8.75. The molecule has 1 unspecified atom stereocenters. The number of halogens is 1. The second-order valence-electron chi connectivity index (χ2n) is 5.80. The summed E-state index contributed by atoms with van der Waals surface area (Å²) in [6, 6.07) is 14.2. The average molecular weight is 389 g/mol. The van der Waals surface area contributed by atoms with Crippen molar-refractivity contribution in [1.29, 1.82) is 0 Å². The van der Waals surface area contributed by atoms with Gasteiger partial charge in [-0.15, -0.1) is 0 Å². The minimum atomic E-state index is -0.795. The SMILES string of the molecule is NC(=O)NC(Cc1ccccc1)C(=O)NCCNC(=O)c1ccc(Cl)cc1. The largest absolute Gasteiger partial charge is 0.353 e. The third kappa shape index (κ3) is 6.99. The number of urea groups is 1. The second kappa shape index (κ2) is 10.2. The van der Waals surface area contributed by atoms with Gasteiger partial charge in [0.05, 0.1) is 0 Å². The quantitative estimate of drug-likeness (QED) is 0.513. The average Bonchev–Trinajstić information content (AvgIpc) is 2.65. The number of rotatable bonds is 8. The first-order chi connectivity index (χ1) is 13.0. The van der Waals surface area contributed by atoms with Gasteiger partial charge in [0.2, 0.25) is 5.91 Å². The monoisotopic (exact) mass is 388 g/mol. The van der Waals surface area contributed by atoms with Gasteiger partial charge in [0.15, 0.2) is 0 Å². The molecular formula is C19H21ClN4O3. The summed E-state index contributed by atoms with van der Waals surface area (Å²) in [6.45, 7) is 0.450. The zero-order valence-corrected chi connectivity index (χ0v) is 15.3. The smallest absolute Gasteiger partial charge is 0.312 e. The molecule has 0 bridgehead atoms. The lowest BCUT2D eigenvalue weighted by Crippen LogP contribution is -2.50. The van der Waals surface area contributed by atoms with Crippen LogP contribution >= 0.6 is 11.6 Å². The van der Waals surface area contributed by atoms with Crippen molar-refractivity contribution >= 4 is 29.4 Å². The van der Waals surface area contributed by atoms with E-state index in [-0.39, 0.29) is 24.9 Å². The number of hydrogen-bond donors (Lipinski definition) is 4. The molecule has 0 saturated carbocycles. The molecule has 0 fully saturated rings. The van der Waals surface area contributed by atoms with Crippen LogP contribution in [0, 0.1) is 0 Å². The zero-order chi connectivity index (χ0) is 19.6. The third-order valence-electron chi connectivity index (χ3n) is 3.73. The summed E-state index contributed by atoms with van der Waals surface area (Å²) in [5, 5.41) is 8.36. The highest BCUT2D eigenvalue weighted by Crippen LogP contribution is 2.09. The maximum absolute atomic E-state index is 12.3. The van der Waals surface area contributed by atoms with Crippen LogP contribution in [0.4, 0.5) is 4.79 Å². The Morgan fingerprint density at radius 3 is 2.19 bits per heavy atom. The fourth-order valence-corrected chi connectivity index (χ4v) is 2.55. The molecule has 27 heavy (non-hydrogen) atoms. The van der Waals surface area contributed by atoms with Crippen molar-refractivity contribution in [2.75, 3.05) is 13.1 Å². The van der Waals surface area contributed by atoms with Gasteiger partial charge in [-0.2, -0.15) is 0 Å². The molecule has 2 rings (SSSR count). The van der Waals surface area contributed by atoms with Crippen molar-refractivity contribution in [3.63, 3.8) is 0 Å². The van der Waals surface area contributed by atoms with Crippen LogP contribution < -0.4 is 21.7 Å². The van der Waals surface area contributed by atoms with E-state index < -0.39 is 12.1 Å². The van der Waals surface area contributed by atoms with Crippen molar-refractivity contribution < 1.29 is 14.4 Å². The molecule has 0 aliphatic carbocycles. The van der Waals surface area contributed by atoms with E-state index in [4.69, 9.17) is 17.3 Å². The van der Waals surface area contributed by atoms with E-state index in [0.29, 0.717) is 17.0 Å². The molecule has 2 aromatic rings. The molecule has 0 saturated heterocycles. The van der Waals surface area contributed by atoms with E-state index in [2.05, 4.69) is 16.0 Å². The van der Waals surface area contributed by atoms with Crippen molar-refractivity contribution in [2.24, 2.45) is 5.73 Å². The van der Waals surface area contributed by atoms with Crippen LogP contribution in [0.3, 0.4) is 0 Å². The predicted octanol–water partition coefficient (Wildman–Crippen LogP) is 1.47. The number of nitrogens with two attached hydrogens (primary N) is 1. The van der Waals surface area contributed by atoms with Crippen LogP contribution in [-0.4, -0.2) is 37.0 Å². The number of carbonyl (C=O) groups is 3. The molecule has 4 amide bonds. The molecule has 1 atom stereocenters. The van der Waals surface area contributed by atoms with Gasteiger partial charge in [-0.3, -0.25) is 9.59 Å². The molecular weight excluding hydrogens is 368 g/mol. The van der Waals surface area contributed by atoms with Gasteiger partial charge in [0.25, 0.3) is 5.91 Å². The molecule has 0 aromatic heterocycles. The highest BCUT2D eigenvalue weighted by Gasteiger charge is 2.19. The minimum Gasteiger partial charge on any atom is -0.353 e. The Kier molecular flexibility index (Phi) is 7.63. The summed E-state index contributed by atoms with van der Waals surface area (Å²) in [5.74, 6) is -0.643. The van der Waals surface area contributed by atoms with E-state index in [9.17, 15) is 14.4 Å². The maximum Gasteiger partial charge on any atom is 0.312 e. The summed E-state index contributed by atoms with van der Waals surface area (Å²) in [4.78, 5) is 35.5. The van der Waals surface area contributed by atoms with Crippen LogP contribution in [0.2, 0.25) is 5.02 Å². The zero-order valence-electron chi connectivity index (χ0n) is 14.6. The van der Waals surface area contributed by atoms with Gasteiger partial charge >= 0.3 is 6.03 Å². The fourth-order valence-electron chi connectivity index (χ4n) is 2.42. The first kappa shape index (κ1) is 20.3. The predicted molar refractivity (Wildman–Crippen MR) is 103 cm³/mol. The normalized spacial score (nSPS) is 11.3. The Balaban J connectivity index is 1.81. The van der Waals surface area contributed by atoms with Crippen LogP contribution in [0.15, 0.2) is 54.6 Å². The molecule has 0 spiro atoms. The molecule has 142 valence electrons. The van der Waals surface area contributed by atoms with Crippen LogP contribution in [-0.2, 0) is 11.2 Å². The van der Waals surface area contributed by atoms with Gasteiger partial charge in [0.1, 0.15) is 6.04 Å². The first-order valence-electron chi connectivity index (χ1n) is 8.37. The summed E-state index contributed by atoms with van der Waals surface area (Å²) >= 11 is 5.78. The maximum atomic E-state index is 12.3. The molecule has 7 nitrogen and oxygen atoms in total. The summed E-state index contributed by atoms with van der Waals surface area (Å²) < 4.78 is 0. The molecule has 0 aliphatic heterocycles. The number of hydrogen-bond acceptors (Lipinski definition) is 3. The third-order valence-corrected chi connectivity index (χ3v) is 3.98. The van der Waals surface area contributed by atoms with Crippen molar-refractivity contribution in [2.45, 2.75) is 12.5 Å². The Morgan fingerprint density at radius 2 is 1.56 bits per heavy atom. The van der Waals surface area contributed by atoms with Gasteiger partial charge < -0.3 is 21.7 Å². The Labute approximate surface area is 162 Å². The molecule has 5 N–H and O–H groups in total. The molecule has 0 aliphatic rings. The lowest BCUT2D eigenvalue weighted by atomic mass is 10.1. The fraction of sp³-hybridized carbons (Fsp3) is 0.211. The van der Waals surface area contributed by atoms with Crippen LogP contribution in [0.5, 0.6) is 0 Å². The van der Waals surface area contributed by atoms with Gasteiger partial charge in [-0.25, -0.2) is 4.79 Å². The van der Waals surface area contributed by atoms with Gasteiger partial charge in [-0.1, -0.05) is 41.9 Å². The molecule has 2 aromatic carbocycles. The molecule has 0 heterocycles. The van der Waals surface area contributed by atoms with Crippen molar-refractivity contribution in [3.05, 3.63) is 70.7 Å². The molecule has 0 radical (unpaired) electrons. The topological polar surface area (TPSA) is 113 Å². The van der Waals surface area contributed by atoms with E-state index in [1.807, 2.05) is 30.3 Å². The van der Waals surface area contributed by atoms with Crippen LogP contribution in [0.25, 0.3) is 0 Å². The van der Waals surface area contributed by atoms with E-state index in [1.54, 1.807) is 24.3 Å². The van der Waals surface area contributed by atoms with Crippen molar-refractivity contribution in [3.8, 4) is 0 Å². The lowest BCUT2D eigenvalue weighted by Gasteiger charge is -2.17. The standard InChI is InChI=1S/C19H21ClN4O3/c20-15-8-6-14(7-9-15)17(25)22-10-11-23-18(26)16(24-19(21)27)12-13-4-2-1-3-5-13/h1-9,16H,10-12H2,(H,22,25)(H,23,26)(H3,21,24,27). The van der Waals surface area contributed by atoms with E-state index >= 15 is 0 Å². The number of carbonyl (C=O) groups excluding carboxylic acids is 3. The van der Waals surface area contributed by atoms with E-state index in [0.717, 1.165) is 5.56 Å². The van der Waals surface area contributed by atoms with E-state index in [1.165, 1.54) is 0 Å².